The van der Waals surface area contributed by atoms with Gasteiger partial charge in [0, 0.05) is 45.9 Å². The van der Waals surface area contributed by atoms with Gasteiger partial charge in [0.2, 0.25) is 17.7 Å². The van der Waals surface area contributed by atoms with E-state index in [2.05, 4.69) is 22.5 Å². The first kappa shape index (κ1) is 26.3. The molecule has 4 fully saturated rings. The molecular formula is C25H42N4O6. The number of likely N-dealkylation sites (tertiary alicyclic amines) is 1. The van der Waals surface area contributed by atoms with E-state index in [0.29, 0.717) is 58.7 Å². The van der Waals surface area contributed by atoms with E-state index < -0.39 is 29.1 Å². The van der Waals surface area contributed by atoms with Gasteiger partial charge in [-0.25, -0.2) is 0 Å². The van der Waals surface area contributed by atoms with Crippen LogP contribution in [0.3, 0.4) is 0 Å². The molecule has 10 heteroatoms. The van der Waals surface area contributed by atoms with Gasteiger partial charge in [-0.1, -0.05) is 13.8 Å². The zero-order chi connectivity index (χ0) is 25.2. The number of nitrogens with one attached hydrogen (secondary N) is 2. The van der Waals surface area contributed by atoms with E-state index in [9.17, 15) is 19.5 Å². The van der Waals surface area contributed by atoms with Gasteiger partial charge in [-0.05, 0) is 38.5 Å². The maximum Gasteiger partial charge on any atom is 0.245 e. The van der Waals surface area contributed by atoms with Crippen molar-refractivity contribution in [1.29, 1.82) is 0 Å². The third kappa shape index (κ3) is 4.58. The number of morpholine rings is 1. The molecular weight excluding hydrogens is 452 g/mol. The van der Waals surface area contributed by atoms with Gasteiger partial charge in [0.15, 0.2) is 0 Å². The van der Waals surface area contributed by atoms with Crippen LogP contribution < -0.4 is 10.6 Å². The van der Waals surface area contributed by atoms with Crippen LogP contribution in [0, 0.1) is 17.8 Å². The lowest BCUT2D eigenvalue weighted by Crippen LogP contribution is -2.56. The fourth-order valence-corrected chi connectivity index (χ4v) is 6.69. The number of amides is 3. The second kappa shape index (κ2) is 10.7. The number of carbonyl (C=O) groups excluding carboxylic acids is 3. The lowest BCUT2D eigenvalue weighted by Gasteiger charge is -2.36. The van der Waals surface area contributed by atoms with Crippen molar-refractivity contribution >= 4 is 17.7 Å². The van der Waals surface area contributed by atoms with E-state index in [1.54, 1.807) is 4.90 Å². The Morgan fingerprint density at radius 1 is 1.11 bits per heavy atom. The van der Waals surface area contributed by atoms with Gasteiger partial charge in [0.05, 0.1) is 30.7 Å². The molecule has 0 aromatic rings. The van der Waals surface area contributed by atoms with Crippen molar-refractivity contribution in [2.45, 2.75) is 63.7 Å². The molecule has 4 aliphatic heterocycles. The van der Waals surface area contributed by atoms with Gasteiger partial charge in [0.25, 0.3) is 0 Å². The Morgan fingerprint density at radius 2 is 1.83 bits per heavy atom. The zero-order valence-electron chi connectivity index (χ0n) is 21.4. The minimum Gasteiger partial charge on any atom is -0.396 e. The number of unbranched alkanes of at least 4 members (excludes halogenated alkanes) is 1. The van der Waals surface area contributed by atoms with Gasteiger partial charge in [-0.2, -0.15) is 0 Å². The van der Waals surface area contributed by atoms with Crippen LogP contribution in [0.1, 0.15) is 46.5 Å². The number of aliphatic hydroxyl groups is 1. The number of hydrogen-bond acceptors (Lipinski definition) is 7. The minimum atomic E-state index is -1.01. The molecule has 0 saturated carbocycles. The highest BCUT2D eigenvalue weighted by molar-refractivity contribution is 5.99. The van der Waals surface area contributed by atoms with Crippen molar-refractivity contribution in [3.05, 3.63) is 0 Å². The summed E-state index contributed by atoms with van der Waals surface area (Å²) in [5.41, 5.74) is -1.80. The fraction of sp³-hybridized carbons (Fsp3) is 0.880. The highest BCUT2D eigenvalue weighted by atomic mass is 16.5. The van der Waals surface area contributed by atoms with Crippen LogP contribution in [-0.2, 0) is 23.9 Å². The molecule has 3 amide bonds. The molecule has 2 bridgehead atoms. The Morgan fingerprint density at radius 3 is 2.51 bits per heavy atom. The summed E-state index contributed by atoms with van der Waals surface area (Å²) in [6, 6.07) is -0.781. The topological polar surface area (TPSA) is 120 Å². The average Bonchev–Trinajstić information content (AvgIpc) is 3.35. The van der Waals surface area contributed by atoms with Crippen molar-refractivity contribution in [3.8, 4) is 0 Å². The molecule has 0 aromatic heterocycles. The summed E-state index contributed by atoms with van der Waals surface area (Å²) in [6.07, 6.45) is 2.50. The first-order valence-electron chi connectivity index (χ1n) is 13.3. The molecule has 198 valence electrons. The van der Waals surface area contributed by atoms with Crippen molar-refractivity contribution < 1.29 is 29.0 Å². The van der Waals surface area contributed by atoms with Gasteiger partial charge < -0.3 is 30.1 Å². The van der Waals surface area contributed by atoms with E-state index in [4.69, 9.17) is 9.47 Å². The second-order valence-electron chi connectivity index (χ2n) is 10.7. The third-order valence-corrected chi connectivity index (χ3v) is 8.53. The standard InChI is InChI=1S/C25H42N4O6/c1-4-7-26-21(31)18-19-23(33)29(9-5-6-13-30)20(25(19)16-17(2)24(18,3)35-25)22(32)27-8-10-28-11-14-34-15-12-28/h17-20,30H,4-16H2,1-3H3,(H,26,31)(H,27,32)/t17?,18-,19+,20?,24+,25?/m1/s1. The van der Waals surface area contributed by atoms with E-state index in [0.717, 1.165) is 19.5 Å². The van der Waals surface area contributed by atoms with E-state index in [1.807, 2.05) is 13.8 Å². The summed E-state index contributed by atoms with van der Waals surface area (Å²) >= 11 is 0. The van der Waals surface area contributed by atoms with Crippen molar-refractivity contribution in [2.75, 3.05) is 59.1 Å². The van der Waals surface area contributed by atoms with Crippen LogP contribution >= 0.6 is 0 Å². The molecule has 6 atom stereocenters. The molecule has 4 aliphatic rings. The third-order valence-electron chi connectivity index (χ3n) is 8.53. The summed E-state index contributed by atoms with van der Waals surface area (Å²) in [5.74, 6) is -1.83. The highest BCUT2D eigenvalue weighted by Crippen LogP contribution is 2.65. The first-order chi connectivity index (χ1) is 16.8. The molecule has 0 radical (unpaired) electrons. The maximum absolute atomic E-state index is 13.8. The van der Waals surface area contributed by atoms with Crippen molar-refractivity contribution in [1.82, 2.24) is 20.4 Å². The number of aliphatic hydroxyl groups excluding tert-OH is 1. The number of hydrogen-bond donors (Lipinski definition) is 3. The van der Waals surface area contributed by atoms with Gasteiger partial charge in [-0.15, -0.1) is 0 Å². The largest absolute Gasteiger partial charge is 0.396 e. The lowest BCUT2D eigenvalue weighted by atomic mass is 9.62. The average molecular weight is 495 g/mol. The Hall–Kier alpha value is -1.75. The monoisotopic (exact) mass is 494 g/mol. The number of nitrogens with zero attached hydrogens (tertiary/aromatic N) is 2. The molecule has 4 saturated heterocycles. The van der Waals surface area contributed by atoms with Crippen molar-refractivity contribution in [2.24, 2.45) is 17.8 Å². The fourth-order valence-electron chi connectivity index (χ4n) is 6.69. The lowest BCUT2D eigenvalue weighted by molar-refractivity contribution is -0.147. The molecule has 35 heavy (non-hydrogen) atoms. The van der Waals surface area contributed by atoms with E-state index in [1.165, 1.54) is 0 Å². The Bertz CT molecular complexity index is 805. The van der Waals surface area contributed by atoms with Crippen LogP contribution in [0.15, 0.2) is 0 Å². The van der Waals surface area contributed by atoms with Crippen LogP contribution in [0.2, 0.25) is 0 Å². The molecule has 1 spiro atoms. The van der Waals surface area contributed by atoms with E-state index >= 15 is 0 Å². The number of ether oxygens (including phenoxy) is 2. The predicted molar refractivity (Wildman–Crippen MR) is 128 cm³/mol. The van der Waals surface area contributed by atoms with Gasteiger partial charge >= 0.3 is 0 Å². The molecule has 3 unspecified atom stereocenters. The molecule has 4 rings (SSSR count). The Balaban J connectivity index is 1.57. The normalized spacial score (nSPS) is 36.5. The summed E-state index contributed by atoms with van der Waals surface area (Å²) in [4.78, 5) is 44.7. The summed E-state index contributed by atoms with van der Waals surface area (Å²) in [6.45, 7) is 11.2. The SMILES string of the molecule is CCCNC(=O)[C@H]1[C@H]2C(=O)N(CCCCO)C(C(=O)NCCN3CCOCC3)C23CC(C)[C@]1(C)O3. The van der Waals surface area contributed by atoms with Gasteiger partial charge in [-0.3, -0.25) is 19.3 Å². The van der Waals surface area contributed by atoms with E-state index in [-0.39, 0.29) is 30.2 Å². The maximum atomic E-state index is 13.8. The molecule has 0 aliphatic carbocycles. The summed E-state index contributed by atoms with van der Waals surface area (Å²) < 4.78 is 12.1. The Labute approximate surface area is 208 Å². The number of rotatable bonds is 11. The van der Waals surface area contributed by atoms with Gasteiger partial charge in [0.1, 0.15) is 11.6 Å². The van der Waals surface area contributed by atoms with Crippen molar-refractivity contribution in [3.63, 3.8) is 0 Å². The summed E-state index contributed by atoms with van der Waals surface area (Å²) in [7, 11) is 0. The Kier molecular flexibility index (Phi) is 8.05. The molecule has 4 heterocycles. The second-order valence-corrected chi connectivity index (χ2v) is 10.7. The van der Waals surface area contributed by atoms with Crippen LogP contribution in [0.25, 0.3) is 0 Å². The molecule has 0 aromatic carbocycles. The minimum absolute atomic E-state index is 0.0284. The smallest absolute Gasteiger partial charge is 0.245 e. The zero-order valence-corrected chi connectivity index (χ0v) is 21.4. The predicted octanol–water partition coefficient (Wildman–Crippen LogP) is -0.256. The molecule has 10 nitrogen and oxygen atoms in total. The summed E-state index contributed by atoms with van der Waals surface area (Å²) in [5, 5.41) is 15.3. The van der Waals surface area contributed by atoms with Crippen LogP contribution in [0.5, 0.6) is 0 Å². The molecule has 3 N–H and O–H groups in total. The highest BCUT2D eigenvalue weighted by Gasteiger charge is 2.79. The number of fused-ring (bicyclic) bond motifs is 1. The number of carbonyl (C=O) groups is 3. The van der Waals surface area contributed by atoms with Crippen LogP contribution in [0.4, 0.5) is 0 Å². The van der Waals surface area contributed by atoms with Crippen LogP contribution in [-0.4, -0.2) is 109 Å². The first-order valence-corrected chi connectivity index (χ1v) is 13.3. The quantitative estimate of drug-likeness (QED) is 0.339.